The predicted octanol–water partition coefficient (Wildman–Crippen LogP) is 1.33. The Balaban J connectivity index is 3.61. The van der Waals surface area contributed by atoms with Crippen LogP contribution in [0.1, 0.15) is 33.6 Å². The molecule has 3 nitrogen and oxygen atoms in total. The first-order chi connectivity index (χ1) is 5.74. The van der Waals surface area contributed by atoms with Crippen molar-refractivity contribution in [1.82, 2.24) is 5.32 Å². The number of esters is 1. The van der Waals surface area contributed by atoms with Gasteiger partial charge in [0.15, 0.2) is 0 Å². The molecule has 0 bridgehead atoms. The van der Waals surface area contributed by atoms with Crippen molar-refractivity contribution in [3.63, 3.8) is 0 Å². The van der Waals surface area contributed by atoms with Crippen LogP contribution in [0.2, 0.25) is 0 Å². The van der Waals surface area contributed by atoms with Gasteiger partial charge in [0.25, 0.3) is 0 Å². The molecule has 0 rings (SSSR count). The second kappa shape index (κ2) is 7.10. The fourth-order valence-corrected chi connectivity index (χ4v) is 1.07. The first-order valence-corrected chi connectivity index (χ1v) is 4.63. The molecule has 3 heteroatoms. The lowest BCUT2D eigenvalue weighted by atomic mass is 10.1. The molecule has 0 aromatic carbocycles. The van der Waals surface area contributed by atoms with E-state index in [2.05, 4.69) is 12.2 Å². The van der Waals surface area contributed by atoms with Crippen molar-refractivity contribution in [2.24, 2.45) is 0 Å². The van der Waals surface area contributed by atoms with E-state index in [1.165, 1.54) is 0 Å². The summed E-state index contributed by atoms with van der Waals surface area (Å²) in [6, 6.07) is 0.272. The van der Waals surface area contributed by atoms with Crippen molar-refractivity contribution in [2.75, 3.05) is 13.2 Å². The molecule has 0 aliphatic rings. The monoisotopic (exact) mass is 173 g/mol. The molecular weight excluding hydrogens is 154 g/mol. The summed E-state index contributed by atoms with van der Waals surface area (Å²) in [5.41, 5.74) is 0. The maximum atomic E-state index is 11.0. The first-order valence-electron chi connectivity index (χ1n) is 4.63. The first kappa shape index (κ1) is 11.4. The molecule has 1 N–H and O–H groups in total. The van der Waals surface area contributed by atoms with Crippen molar-refractivity contribution >= 4 is 5.97 Å². The smallest absolute Gasteiger partial charge is 0.307 e. The van der Waals surface area contributed by atoms with E-state index in [4.69, 9.17) is 4.74 Å². The van der Waals surface area contributed by atoms with Crippen LogP contribution in [0.25, 0.3) is 0 Å². The van der Waals surface area contributed by atoms with Crippen LogP contribution in [-0.4, -0.2) is 25.2 Å². The van der Waals surface area contributed by atoms with Crippen molar-refractivity contribution in [3.05, 3.63) is 0 Å². The maximum Gasteiger partial charge on any atom is 0.307 e. The summed E-state index contributed by atoms with van der Waals surface area (Å²) >= 11 is 0. The summed E-state index contributed by atoms with van der Waals surface area (Å²) in [6.45, 7) is 7.30. The maximum absolute atomic E-state index is 11.0. The van der Waals surface area contributed by atoms with Crippen LogP contribution in [0.5, 0.6) is 0 Å². The summed E-state index contributed by atoms with van der Waals surface area (Å²) in [5, 5.41) is 3.22. The number of nitrogens with one attached hydrogen (secondary N) is 1. The zero-order chi connectivity index (χ0) is 9.40. The molecule has 0 radical (unpaired) electrons. The number of rotatable bonds is 6. The third-order valence-electron chi connectivity index (χ3n) is 1.70. The van der Waals surface area contributed by atoms with Crippen LogP contribution in [0.4, 0.5) is 0 Å². The van der Waals surface area contributed by atoms with Gasteiger partial charge in [-0.15, -0.1) is 0 Å². The molecule has 0 aromatic rings. The number of hydrogen-bond acceptors (Lipinski definition) is 3. The van der Waals surface area contributed by atoms with E-state index in [0.717, 1.165) is 13.0 Å². The predicted molar refractivity (Wildman–Crippen MR) is 49.0 cm³/mol. The molecule has 0 heterocycles. The molecule has 1 unspecified atom stereocenters. The minimum absolute atomic E-state index is 0.106. The normalized spacial score (nSPS) is 12.6. The molecule has 12 heavy (non-hydrogen) atoms. The van der Waals surface area contributed by atoms with Gasteiger partial charge in [-0.3, -0.25) is 4.79 Å². The SMILES string of the molecule is CCNC(CC)CC(=O)OCC. The molecule has 0 saturated heterocycles. The second-order valence-electron chi connectivity index (χ2n) is 2.67. The highest BCUT2D eigenvalue weighted by Gasteiger charge is 2.10. The molecule has 0 aliphatic carbocycles. The fraction of sp³-hybridized carbons (Fsp3) is 0.889. The van der Waals surface area contributed by atoms with E-state index in [-0.39, 0.29) is 12.0 Å². The topological polar surface area (TPSA) is 38.3 Å². The Morgan fingerprint density at radius 1 is 1.42 bits per heavy atom. The minimum Gasteiger partial charge on any atom is -0.466 e. The van der Waals surface area contributed by atoms with Crippen molar-refractivity contribution in [2.45, 2.75) is 39.7 Å². The van der Waals surface area contributed by atoms with Gasteiger partial charge in [-0.1, -0.05) is 13.8 Å². The molecule has 0 saturated carbocycles. The molecule has 72 valence electrons. The van der Waals surface area contributed by atoms with Crippen LogP contribution >= 0.6 is 0 Å². The van der Waals surface area contributed by atoms with E-state index in [9.17, 15) is 4.79 Å². The molecule has 1 atom stereocenters. The van der Waals surface area contributed by atoms with Crippen LogP contribution in [0, 0.1) is 0 Å². The minimum atomic E-state index is -0.106. The lowest BCUT2D eigenvalue weighted by molar-refractivity contribution is -0.143. The Hall–Kier alpha value is -0.570. The van der Waals surface area contributed by atoms with Gasteiger partial charge in [0, 0.05) is 6.04 Å². The van der Waals surface area contributed by atoms with E-state index in [1.807, 2.05) is 13.8 Å². The summed E-state index contributed by atoms with van der Waals surface area (Å²) in [6.07, 6.45) is 1.45. The summed E-state index contributed by atoms with van der Waals surface area (Å²) in [7, 11) is 0. The van der Waals surface area contributed by atoms with Crippen LogP contribution in [-0.2, 0) is 9.53 Å². The quantitative estimate of drug-likeness (QED) is 0.616. The third-order valence-corrected chi connectivity index (χ3v) is 1.70. The number of hydrogen-bond donors (Lipinski definition) is 1. The second-order valence-corrected chi connectivity index (χ2v) is 2.67. The highest BCUT2D eigenvalue weighted by atomic mass is 16.5. The number of carbonyl (C=O) groups is 1. The van der Waals surface area contributed by atoms with Gasteiger partial charge < -0.3 is 10.1 Å². The molecule has 0 aliphatic heterocycles. The highest BCUT2D eigenvalue weighted by Crippen LogP contribution is 1.98. The average Bonchev–Trinajstić information content (AvgIpc) is 2.04. The van der Waals surface area contributed by atoms with Crippen LogP contribution < -0.4 is 5.32 Å². The summed E-state index contributed by atoms with van der Waals surface area (Å²) < 4.78 is 4.84. The standard InChI is InChI=1S/C9H19NO2/c1-4-8(10-5-2)7-9(11)12-6-3/h8,10H,4-7H2,1-3H3. The van der Waals surface area contributed by atoms with Crippen molar-refractivity contribution in [3.8, 4) is 0 Å². The largest absolute Gasteiger partial charge is 0.466 e. The number of ether oxygens (including phenoxy) is 1. The number of carbonyl (C=O) groups excluding carboxylic acids is 1. The average molecular weight is 173 g/mol. The lowest BCUT2D eigenvalue weighted by Crippen LogP contribution is -2.31. The summed E-state index contributed by atoms with van der Waals surface area (Å²) in [5.74, 6) is -0.106. The highest BCUT2D eigenvalue weighted by molar-refractivity contribution is 5.70. The zero-order valence-corrected chi connectivity index (χ0v) is 8.22. The van der Waals surface area contributed by atoms with Gasteiger partial charge in [0.1, 0.15) is 0 Å². The Morgan fingerprint density at radius 3 is 2.50 bits per heavy atom. The third kappa shape index (κ3) is 5.13. The van der Waals surface area contributed by atoms with Crippen LogP contribution in [0.15, 0.2) is 0 Å². The van der Waals surface area contributed by atoms with Gasteiger partial charge in [-0.2, -0.15) is 0 Å². The fourth-order valence-electron chi connectivity index (χ4n) is 1.07. The van der Waals surface area contributed by atoms with Gasteiger partial charge in [0.2, 0.25) is 0 Å². The van der Waals surface area contributed by atoms with Crippen molar-refractivity contribution in [1.29, 1.82) is 0 Å². The Bertz CT molecular complexity index is 126. The van der Waals surface area contributed by atoms with E-state index in [1.54, 1.807) is 0 Å². The molecule has 0 amide bonds. The Kier molecular flexibility index (Phi) is 6.76. The lowest BCUT2D eigenvalue weighted by Gasteiger charge is -2.13. The Labute approximate surface area is 74.5 Å². The van der Waals surface area contributed by atoms with E-state index in [0.29, 0.717) is 13.0 Å². The molecule has 0 spiro atoms. The zero-order valence-electron chi connectivity index (χ0n) is 8.22. The summed E-state index contributed by atoms with van der Waals surface area (Å²) in [4.78, 5) is 11.0. The van der Waals surface area contributed by atoms with Gasteiger partial charge in [0.05, 0.1) is 13.0 Å². The van der Waals surface area contributed by atoms with E-state index >= 15 is 0 Å². The molecule has 0 aromatic heterocycles. The Morgan fingerprint density at radius 2 is 2.08 bits per heavy atom. The van der Waals surface area contributed by atoms with E-state index < -0.39 is 0 Å². The van der Waals surface area contributed by atoms with Crippen molar-refractivity contribution < 1.29 is 9.53 Å². The van der Waals surface area contributed by atoms with Crippen LogP contribution in [0.3, 0.4) is 0 Å². The van der Waals surface area contributed by atoms with Gasteiger partial charge in [-0.05, 0) is 19.9 Å². The van der Waals surface area contributed by atoms with Gasteiger partial charge in [-0.25, -0.2) is 0 Å². The molecular formula is C9H19NO2. The van der Waals surface area contributed by atoms with Gasteiger partial charge >= 0.3 is 5.97 Å². The molecule has 0 fully saturated rings.